The van der Waals surface area contributed by atoms with Gasteiger partial charge in [-0.1, -0.05) is 77.8 Å². The van der Waals surface area contributed by atoms with Crippen LogP contribution < -0.4 is 5.32 Å². The van der Waals surface area contributed by atoms with Crippen LogP contribution in [-0.4, -0.2) is 16.9 Å². The van der Waals surface area contributed by atoms with E-state index in [1.165, 1.54) is 11.3 Å². The number of para-hydroxylation sites is 1. The van der Waals surface area contributed by atoms with E-state index in [9.17, 15) is 9.59 Å². The van der Waals surface area contributed by atoms with Gasteiger partial charge in [0.25, 0.3) is 5.91 Å². The first-order valence-corrected chi connectivity index (χ1v) is 12.6. The van der Waals surface area contributed by atoms with E-state index in [-0.39, 0.29) is 0 Å². The minimum absolute atomic E-state index is 0.323. The molecule has 0 bridgehead atoms. The van der Waals surface area contributed by atoms with E-state index in [4.69, 9.17) is 32.9 Å². The lowest BCUT2D eigenvalue weighted by molar-refractivity contribution is -0.125. The van der Waals surface area contributed by atoms with Crippen molar-refractivity contribution in [2.45, 2.75) is 6.10 Å². The molecule has 1 unspecified atom stereocenters. The van der Waals surface area contributed by atoms with Crippen LogP contribution in [0.1, 0.15) is 22.0 Å². The Kier molecular flexibility index (Phi) is 7.00. The molecular formula is C28H18Cl2N2O3S. The first-order valence-electron chi connectivity index (χ1n) is 10.9. The molecule has 0 fully saturated rings. The van der Waals surface area contributed by atoms with Gasteiger partial charge in [0.2, 0.25) is 6.10 Å². The Hall–Kier alpha value is -3.71. The third-order valence-corrected chi connectivity index (χ3v) is 6.73. The Balaban J connectivity index is 1.51. The first kappa shape index (κ1) is 24.0. The van der Waals surface area contributed by atoms with Gasteiger partial charge in [0, 0.05) is 26.7 Å². The second-order valence-electron chi connectivity index (χ2n) is 7.89. The molecule has 8 heteroatoms. The Labute approximate surface area is 221 Å². The molecule has 5 nitrogen and oxygen atoms in total. The number of hydrogen-bond donors (Lipinski definition) is 1. The van der Waals surface area contributed by atoms with E-state index in [1.54, 1.807) is 48.5 Å². The summed E-state index contributed by atoms with van der Waals surface area (Å²) in [6.45, 7) is 0. The van der Waals surface area contributed by atoms with Crippen molar-refractivity contribution >= 4 is 63.0 Å². The van der Waals surface area contributed by atoms with Crippen molar-refractivity contribution < 1.29 is 14.3 Å². The molecule has 0 aliphatic rings. The molecule has 3 aromatic carbocycles. The average molecular weight is 533 g/mol. The molecule has 1 amide bonds. The van der Waals surface area contributed by atoms with Crippen molar-refractivity contribution in [2.75, 3.05) is 5.32 Å². The highest BCUT2D eigenvalue weighted by atomic mass is 35.5. The SMILES string of the molecule is O=C(OC(C(=O)Nc1cc(Cl)cc(Cl)c1)c1ccccc1)c1cc(-c2cccs2)nc2ccccc12. The quantitative estimate of drug-likeness (QED) is 0.226. The number of amides is 1. The third kappa shape index (κ3) is 5.26. The summed E-state index contributed by atoms with van der Waals surface area (Å²) in [6, 6.07) is 26.4. The van der Waals surface area contributed by atoms with Crippen molar-refractivity contribution in [3.8, 4) is 10.6 Å². The van der Waals surface area contributed by atoms with Crippen LogP contribution in [0.4, 0.5) is 5.69 Å². The van der Waals surface area contributed by atoms with E-state index >= 15 is 0 Å². The normalized spacial score (nSPS) is 11.7. The minimum Gasteiger partial charge on any atom is -0.444 e. The molecule has 2 heterocycles. The molecule has 0 spiro atoms. The monoisotopic (exact) mass is 532 g/mol. The van der Waals surface area contributed by atoms with Crippen LogP contribution in [-0.2, 0) is 9.53 Å². The van der Waals surface area contributed by atoms with Gasteiger partial charge in [-0.05, 0) is 41.8 Å². The van der Waals surface area contributed by atoms with Gasteiger partial charge in [-0.15, -0.1) is 11.3 Å². The van der Waals surface area contributed by atoms with Crippen LogP contribution in [0.5, 0.6) is 0 Å². The van der Waals surface area contributed by atoms with E-state index in [0.717, 1.165) is 4.88 Å². The molecule has 5 aromatic rings. The van der Waals surface area contributed by atoms with E-state index in [1.807, 2.05) is 47.8 Å². The summed E-state index contributed by atoms with van der Waals surface area (Å²) >= 11 is 13.7. The smallest absolute Gasteiger partial charge is 0.340 e. The summed E-state index contributed by atoms with van der Waals surface area (Å²) in [5, 5.41) is 6.08. The van der Waals surface area contributed by atoms with Crippen LogP contribution in [0.3, 0.4) is 0 Å². The Morgan fingerprint density at radius 2 is 1.58 bits per heavy atom. The van der Waals surface area contributed by atoms with Gasteiger partial charge >= 0.3 is 5.97 Å². The minimum atomic E-state index is -1.21. The maximum absolute atomic E-state index is 13.6. The summed E-state index contributed by atoms with van der Waals surface area (Å²) in [4.78, 5) is 32.5. The molecule has 178 valence electrons. The van der Waals surface area contributed by atoms with Crippen LogP contribution in [0.2, 0.25) is 10.0 Å². The van der Waals surface area contributed by atoms with Crippen LogP contribution in [0, 0.1) is 0 Å². The van der Waals surface area contributed by atoms with Gasteiger partial charge in [0.15, 0.2) is 0 Å². The van der Waals surface area contributed by atoms with E-state index in [2.05, 4.69) is 5.32 Å². The van der Waals surface area contributed by atoms with E-state index in [0.29, 0.717) is 43.5 Å². The summed E-state index contributed by atoms with van der Waals surface area (Å²) in [5.41, 5.74) is 2.55. The summed E-state index contributed by atoms with van der Waals surface area (Å²) in [7, 11) is 0. The Morgan fingerprint density at radius 1 is 0.861 bits per heavy atom. The molecule has 0 saturated heterocycles. The fourth-order valence-electron chi connectivity index (χ4n) is 3.80. The van der Waals surface area contributed by atoms with E-state index < -0.39 is 18.0 Å². The molecule has 2 aromatic heterocycles. The molecule has 0 aliphatic carbocycles. The van der Waals surface area contributed by atoms with Gasteiger partial charge in [-0.3, -0.25) is 4.79 Å². The molecular weight excluding hydrogens is 515 g/mol. The lowest BCUT2D eigenvalue weighted by Crippen LogP contribution is -2.26. The third-order valence-electron chi connectivity index (χ3n) is 5.41. The number of halogens is 2. The van der Waals surface area contributed by atoms with Gasteiger partial charge in [0.05, 0.1) is 21.7 Å². The Bertz CT molecular complexity index is 1540. The molecule has 1 atom stereocenters. The number of thiophene rings is 1. The van der Waals surface area contributed by atoms with Crippen molar-refractivity contribution in [3.05, 3.63) is 118 Å². The number of carbonyl (C=O) groups is 2. The molecule has 1 N–H and O–H groups in total. The largest absolute Gasteiger partial charge is 0.444 e. The molecule has 5 rings (SSSR count). The maximum Gasteiger partial charge on any atom is 0.340 e. The highest BCUT2D eigenvalue weighted by molar-refractivity contribution is 7.13. The van der Waals surface area contributed by atoms with Crippen molar-refractivity contribution in [3.63, 3.8) is 0 Å². The average Bonchev–Trinajstić information content (AvgIpc) is 3.41. The second kappa shape index (κ2) is 10.5. The zero-order valence-corrected chi connectivity index (χ0v) is 21.0. The number of ether oxygens (including phenoxy) is 1. The standard InChI is InChI=1S/C28H18Cl2N2O3S/c29-18-13-19(30)15-20(14-18)31-27(33)26(17-7-2-1-3-8-17)35-28(34)22-16-24(25-11-6-12-36-25)32-23-10-5-4-9-21(22)23/h1-16,26H,(H,31,33). The lowest BCUT2D eigenvalue weighted by atomic mass is 10.1. The van der Waals surface area contributed by atoms with Crippen LogP contribution >= 0.6 is 34.5 Å². The first-order chi connectivity index (χ1) is 17.5. The van der Waals surface area contributed by atoms with Gasteiger partial charge in [-0.25, -0.2) is 9.78 Å². The fraction of sp³-hybridized carbons (Fsp3) is 0.0357. The number of aromatic nitrogens is 1. The fourth-order valence-corrected chi connectivity index (χ4v) is 5.01. The van der Waals surface area contributed by atoms with Gasteiger partial charge in [0.1, 0.15) is 0 Å². The number of benzene rings is 3. The number of nitrogens with one attached hydrogen (secondary N) is 1. The van der Waals surface area contributed by atoms with Crippen LogP contribution in [0.25, 0.3) is 21.5 Å². The Morgan fingerprint density at radius 3 is 2.31 bits per heavy atom. The van der Waals surface area contributed by atoms with Gasteiger partial charge in [-0.2, -0.15) is 0 Å². The molecule has 0 saturated carbocycles. The highest BCUT2D eigenvalue weighted by Crippen LogP contribution is 2.30. The number of pyridine rings is 1. The number of rotatable bonds is 6. The van der Waals surface area contributed by atoms with Crippen molar-refractivity contribution in [2.24, 2.45) is 0 Å². The zero-order chi connectivity index (χ0) is 25.1. The van der Waals surface area contributed by atoms with Crippen molar-refractivity contribution in [1.29, 1.82) is 0 Å². The number of carbonyl (C=O) groups excluding carboxylic acids is 2. The molecule has 0 aliphatic heterocycles. The number of anilines is 1. The predicted molar refractivity (Wildman–Crippen MR) is 145 cm³/mol. The number of nitrogens with zero attached hydrogens (tertiary/aromatic N) is 1. The second-order valence-corrected chi connectivity index (χ2v) is 9.71. The summed E-state index contributed by atoms with van der Waals surface area (Å²) < 4.78 is 5.86. The van der Waals surface area contributed by atoms with Gasteiger partial charge < -0.3 is 10.1 Å². The topological polar surface area (TPSA) is 68.3 Å². The predicted octanol–water partition coefficient (Wildman–Crippen LogP) is 7.81. The van der Waals surface area contributed by atoms with Crippen molar-refractivity contribution in [1.82, 2.24) is 4.98 Å². The highest BCUT2D eigenvalue weighted by Gasteiger charge is 2.27. The number of fused-ring (bicyclic) bond motifs is 1. The molecule has 0 radical (unpaired) electrons. The number of hydrogen-bond acceptors (Lipinski definition) is 5. The summed E-state index contributed by atoms with van der Waals surface area (Å²) in [6.07, 6.45) is -1.21. The maximum atomic E-state index is 13.6. The summed E-state index contributed by atoms with van der Waals surface area (Å²) in [5.74, 6) is -1.18. The molecule has 36 heavy (non-hydrogen) atoms. The zero-order valence-electron chi connectivity index (χ0n) is 18.7. The number of esters is 1. The lowest BCUT2D eigenvalue weighted by Gasteiger charge is -2.19. The van der Waals surface area contributed by atoms with Crippen LogP contribution in [0.15, 0.2) is 96.4 Å².